The zero-order valence-corrected chi connectivity index (χ0v) is 13.4. The van der Waals surface area contributed by atoms with Crippen LogP contribution in [0, 0.1) is 0 Å². The van der Waals surface area contributed by atoms with Gasteiger partial charge < -0.3 is 15.5 Å². The van der Waals surface area contributed by atoms with E-state index in [4.69, 9.17) is 0 Å². The first-order valence-corrected chi connectivity index (χ1v) is 7.80. The molecule has 1 aromatic carbocycles. The number of carbonyl (C=O) groups is 1. The summed E-state index contributed by atoms with van der Waals surface area (Å²) >= 11 is 0. The van der Waals surface area contributed by atoms with Crippen LogP contribution in [0.15, 0.2) is 24.3 Å². The molecule has 1 fully saturated rings. The van der Waals surface area contributed by atoms with E-state index in [1.807, 2.05) is 20.8 Å². The number of hydrogen-bond acceptors (Lipinski definition) is 3. The van der Waals surface area contributed by atoms with Crippen molar-refractivity contribution in [3.8, 4) is 0 Å². The van der Waals surface area contributed by atoms with Crippen molar-refractivity contribution in [2.24, 2.45) is 0 Å². The summed E-state index contributed by atoms with van der Waals surface area (Å²) in [5.74, 6) is 0.0381. The van der Waals surface area contributed by atoms with E-state index in [1.54, 1.807) is 0 Å². The van der Waals surface area contributed by atoms with Crippen LogP contribution >= 0.6 is 0 Å². The summed E-state index contributed by atoms with van der Waals surface area (Å²) in [6.45, 7) is 9.38. The van der Waals surface area contributed by atoms with Crippen molar-refractivity contribution in [3.05, 3.63) is 29.8 Å². The molecule has 1 heterocycles. The SMILES string of the molecule is CC(C)(C)NC(=O)CNCc1ccc(N2CCCC2)cc1. The molecule has 1 aliphatic rings. The smallest absolute Gasteiger partial charge is 0.234 e. The second kappa shape index (κ2) is 6.94. The molecule has 0 radical (unpaired) electrons. The Bertz CT molecular complexity index is 456. The summed E-state index contributed by atoms with van der Waals surface area (Å²) in [5.41, 5.74) is 2.35. The van der Waals surface area contributed by atoms with E-state index in [2.05, 4.69) is 39.8 Å². The van der Waals surface area contributed by atoms with E-state index in [1.165, 1.54) is 37.2 Å². The van der Waals surface area contributed by atoms with Gasteiger partial charge in [0.25, 0.3) is 0 Å². The molecule has 0 spiro atoms. The lowest BCUT2D eigenvalue weighted by Crippen LogP contribution is -2.44. The Morgan fingerprint density at radius 3 is 2.33 bits per heavy atom. The molecule has 0 unspecified atom stereocenters. The first-order chi connectivity index (χ1) is 9.94. The lowest BCUT2D eigenvalue weighted by atomic mass is 10.1. The maximum atomic E-state index is 11.7. The Morgan fingerprint density at radius 2 is 1.76 bits per heavy atom. The Balaban J connectivity index is 1.75. The molecule has 4 heteroatoms. The van der Waals surface area contributed by atoms with Crippen LogP contribution in [0.25, 0.3) is 0 Å². The molecule has 21 heavy (non-hydrogen) atoms. The van der Waals surface area contributed by atoms with Crippen LogP contribution < -0.4 is 15.5 Å². The zero-order chi connectivity index (χ0) is 15.3. The molecule has 116 valence electrons. The third kappa shape index (κ3) is 5.38. The van der Waals surface area contributed by atoms with Crippen molar-refractivity contribution in [1.29, 1.82) is 0 Å². The molecule has 1 saturated heterocycles. The molecule has 0 aliphatic carbocycles. The summed E-state index contributed by atoms with van der Waals surface area (Å²) in [4.78, 5) is 14.1. The highest BCUT2D eigenvalue weighted by Gasteiger charge is 2.13. The predicted octanol–water partition coefficient (Wildman–Crippen LogP) is 2.29. The number of rotatable bonds is 5. The van der Waals surface area contributed by atoms with Crippen molar-refractivity contribution in [2.45, 2.75) is 45.7 Å². The molecule has 1 amide bonds. The van der Waals surface area contributed by atoms with Crippen LogP contribution in [0.3, 0.4) is 0 Å². The Morgan fingerprint density at radius 1 is 1.14 bits per heavy atom. The third-order valence-corrected chi connectivity index (χ3v) is 3.54. The van der Waals surface area contributed by atoms with E-state index in [-0.39, 0.29) is 11.4 Å². The number of hydrogen-bond donors (Lipinski definition) is 2. The molecule has 1 aromatic rings. The second-order valence-electron chi connectivity index (χ2n) is 6.76. The normalized spacial score (nSPS) is 15.3. The van der Waals surface area contributed by atoms with Crippen molar-refractivity contribution >= 4 is 11.6 Å². The number of carbonyl (C=O) groups excluding carboxylic acids is 1. The summed E-state index contributed by atoms with van der Waals surface area (Å²) in [6.07, 6.45) is 2.60. The van der Waals surface area contributed by atoms with Gasteiger partial charge >= 0.3 is 0 Å². The first-order valence-electron chi connectivity index (χ1n) is 7.80. The molecule has 0 saturated carbocycles. The van der Waals surface area contributed by atoms with E-state index < -0.39 is 0 Å². The molecule has 0 aromatic heterocycles. The van der Waals surface area contributed by atoms with Crippen molar-refractivity contribution < 1.29 is 4.79 Å². The average Bonchev–Trinajstić information content (AvgIpc) is 2.91. The summed E-state index contributed by atoms with van der Waals surface area (Å²) in [6, 6.07) is 8.64. The van der Waals surface area contributed by atoms with Gasteiger partial charge in [0.05, 0.1) is 6.54 Å². The number of nitrogens with one attached hydrogen (secondary N) is 2. The lowest BCUT2D eigenvalue weighted by Gasteiger charge is -2.20. The van der Waals surface area contributed by atoms with Gasteiger partial charge in [-0.15, -0.1) is 0 Å². The Kier molecular flexibility index (Phi) is 5.23. The van der Waals surface area contributed by atoms with Crippen molar-refractivity contribution in [2.75, 3.05) is 24.5 Å². The molecule has 2 N–H and O–H groups in total. The van der Waals surface area contributed by atoms with Gasteiger partial charge in [-0.05, 0) is 51.3 Å². The minimum Gasteiger partial charge on any atom is -0.372 e. The minimum atomic E-state index is -0.170. The molecular formula is C17H27N3O. The van der Waals surface area contributed by atoms with Crippen molar-refractivity contribution in [3.63, 3.8) is 0 Å². The van der Waals surface area contributed by atoms with Gasteiger partial charge in [0.15, 0.2) is 0 Å². The second-order valence-corrected chi connectivity index (χ2v) is 6.76. The average molecular weight is 289 g/mol. The monoisotopic (exact) mass is 289 g/mol. The number of nitrogens with zero attached hydrogens (tertiary/aromatic N) is 1. The molecule has 1 aliphatic heterocycles. The van der Waals surface area contributed by atoms with Gasteiger partial charge in [-0.1, -0.05) is 12.1 Å². The van der Waals surface area contributed by atoms with E-state index >= 15 is 0 Å². The molecule has 0 bridgehead atoms. The number of amides is 1. The molecule has 0 atom stereocenters. The fraction of sp³-hybridized carbons (Fsp3) is 0.588. The maximum absolute atomic E-state index is 11.7. The Hall–Kier alpha value is -1.55. The predicted molar refractivity (Wildman–Crippen MR) is 87.5 cm³/mol. The molecular weight excluding hydrogens is 262 g/mol. The zero-order valence-electron chi connectivity index (χ0n) is 13.4. The highest BCUT2D eigenvalue weighted by molar-refractivity contribution is 5.78. The highest BCUT2D eigenvalue weighted by Crippen LogP contribution is 2.20. The van der Waals surface area contributed by atoms with Crippen molar-refractivity contribution in [1.82, 2.24) is 10.6 Å². The largest absolute Gasteiger partial charge is 0.372 e. The van der Waals surface area contributed by atoms with Gasteiger partial charge in [-0.3, -0.25) is 4.79 Å². The lowest BCUT2D eigenvalue weighted by molar-refractivity contribution is -0.121. The Labute approximate surface area is 127 Å². The summed E-state index contributed by atoms with van der Waals surface area (Å²) in [5, 5.41) is 6.13. The quantitative estimate of drug-likeness (QED) is 0.874. The summed E-state index contributed by atoms with van der Waals surface area (Å²) in [7, 11) is 0. The minimum absolute atomic E-state index is 0.0381. The van der Waals surface area contributed by atoms with Gasteiger partial charge in [0.1, 0.15) is 0 Å². The van der Waals surface area contributed by atoms with E-state index in [0.717, 1.165) is 6.54 Å². The number of benzene rings is 1. The molecule has 2 rings (SSSR count). The van der Waals surface area contributed by atoms with Crippen LogP contribution in [0.5, 0.6) is 0 Å². The first kappa shape index (κ1) is 15.8. The fourth-order valence-corrected chi connectivity index (χ4v) is 2.58. The van der Waals surface area contributed by atoms with E-state index in [9.17, 15) is 4.79 Å². The van der Waals surface area contributed by atoms with Gasteiger partial charge in [-0.2, -0.15) is 0 Å². The van der Waals surface area contributed by atoms with Crippen LogP contribution in [-0.2, 0) is 11.3 Å². The van der Waals surface area contributed by atoms with Gasteiger partial charge in [0, 0.05) is 30.9 Å². The maximum Gasteiger partial charge on any atom is 0.234 e. The third-order valence-electron chi connectivity index (χ3n) is 3.54. The summed E-state index contributed by atoms with van der Waals surface area (Å²) < 4.78 is 0. The van der Waals surface area contributed by atoms with Crippen LogP contribution in [0.1, 0.15) is 39.2 Å². The van der Waals surface area contributed by atoms with Gasteiger partial charge in [-0.25, -0.2) is 0 Å². The standard InChI is InChI=1S/C17H27N3O/c1-17(2,3)19-16(21)13-18-12-14-6-8-15(9-7-14)20-10-4-5-11-20/h6-9,18H,4-5,10-13H2,1-3H3,(H,19,21). The topological polar surface area (TPSA) is 44.4 Å². The van der Waals surface area contributed by atoms with Gasteiger partial charge in [0.2, 0.25) is 5.91 Å². The van der Waals surface area contributed by atoms with Crippen LogP contribution in [0.4, 0.5) is 5.69 Å². The number of anilines is 1. The van der Waals surface area contributed by atoms with Crippen LogP contribution in [-0.4, -0.2) is 31.1 Å². The fourth-order valence-electron chi connectivity index (χ4n) is 2.58. The van der Waals surface area contributed by atoms with Crippen LogP contribution in [0.2, 0.25) is 0 Å². The molecule has 4 nitrogen and oxygen atoms in total. The highest BCUT2D eigenvalue weighted by atomic mass is 16.2. The van der Waals surface area contributed by atoms with E-state index in [0.29, 0.717) is 6.54 Å².